The van der Waals surface area contributed by atoms with Crippen LogP contribution in [-0.2, 0) is 0 Å². The molecule has 1 fully saturated rings. The zero-order valence-electron chi connectivity index (χ0n) is 13.6. The highest BCUT2D eigenvalue weighted by molar-refractivity contribution is 9.10. The van der Waals surface area contributed by atoms with E-state index in [-0.39, 0.29) is 17.7 Å². The van der Waals surface area contributed by atoms with Crippen molar-refractivity contribution in [2.75, 3.05) is 5.32 Å². The van der Waals surface area contributed by atoms with E-state index in [9.17, 15) is 14.5 Å². The second-order valence-electron chi connectivity index (χ2n) is 6.44. The van der Waals surface area contributed by atoms with Crippen LogP contribution in [0.2, 0.25) is 0 Å². The molecule has 1 aliphatic carbocycles. The van der Waals surface area contributed by atoms with E-state index in [1.54, 1.807) is 12.1 Å². The van der Waals surface area contributed by atoms with Crippen LogP contribution in [0.4, 0.5) is 16.0 Å². The fourth-order valence-corrected chi connectivity index (χ4v) is 3.47. The molecule has 0 spiro atoms. The monoisotopic (exact) mass is 419 g/mol. The van der Waals surface area contributed by atoms with Crippen molar-refractivity contribution in [3.8, 4) is 0 Å². The molecule has 0 radical (unpaired) electrons. The van der Waals surface area contributed by atoms with Crippen LogP contribution in [0, 0.1) is 21.8 Å². The average Bonchev–Trinajstić information content (AvgIpc) is 3.29. The molecule has 0 saturated heterocycles. The van der Waals surface area contributed by atoms with Crippen molar-refractivity contribution in [3.63, 3.8) is 0 Å². The summed E-state index contributed by atoms with van der Waals surface area (Å²) in [6.07, 6.45) is 4.35. The third-order valence-corrected chi connectivity index (χ3v) is 4.86. The number of anilines is 1. The van der Waals surface area contributed by atoms with E-state index < -0.39 is 4.92 Å². The predicted octanol–water partition coefficient (Wildman–Crippen LogP) is 4.49. The molecule has 1 atom stereocenters. The summed E-state index contributed by atoms with van der Waals surface area (Å²) in [5, 5.41) is 18.7. The highest BCUT2D eigenvalue weighted by Gasteiger charge is 2.27. The topological polar surface area (TPSA) is 85.4 Å². The second-order valence-corrected chi connectivity index (χ2v) is 7.36. The highest BCUT2D eigenvalue weighted by atomic mass is 79.9. The Bertz CT molecular complexity index is 968. The minimum Gasteiger partial charge on any atom is -0.360 e. The molecule has 1 aromatic carbocycles. The van der Waals surface area contributed by atoms with Gasteiger partial charge in [0.15, 0.2) is 5.82 Å². The average molecular weight is 420 g/mol. The van der Waals surface area contributed by atoms with Gasteiger partial charge < -0.3 is 15.4 Å². The molecule has 2 heterocycles. The van der Waals surface area contributed by atoms with Crippen LogP contribution in [0.15, 0.2) is 41.0 Å². The fraction of sp³-hybridized carbons (Fsp3) is 0.294. The molecule has 134 valence electrons. The Kier molecular flexibility index (Phi) is 4.31. The lowest BCUT2D eigenvalue weighted by Gasteiger charge is -2.19. The van der Waals surface area contributed by atoms with Crippen LogP contribution < -0.4 is 5.32 Å². The molecular formula is C17H15BrFN5O2. The Labute approximate surface area is 156 Å². The van der Waals surface area contributed by atoms with E-state index in [0.29, 0.717) is 21.9 Å². The number of imidazole rings is 1. The Morgan fingerprint density at radius 3 is 2.88 bits per heavy atom. The van der Waals surface area contributed by atoms with Crippen LogP contribution >= 0.6 is 15.9 Å². The van der Waals surface area contributed by atoms with E-state index in [0.717, 1.165) is 24.8 Å². The third kappa shape index (κ3) is 3.52. The number of aromatic nitrogens is 3. The lowest BCUT2D eigenvalue weighted by molar-refractivity contribution is -0.391. The van der Waals surface area contributed by atoms with Gasteiger partial charge in [0, 0.05) is 10.5 Å². The summed E-state index contributed by atoms with van der Waals surface area (Å²) in [6, 6.07) is 8.04. The summed E-state index contributed by atoms with van der Waals surface area (Å²) < 4.78 is 15.7. The van der Waals surface area contributed by atoms with Crippen LogP contribution in [0.3, 0.4) is 0 Å². The predicted molar refractivity (Wildman–Crippen MR) is 97.4 cm³/mol. The van der Waals surface area contributed by atoms with Crippen molar-refractivity contribution >= 4 is 33.2 Å². The van der Waals surface area contributed by atoms with E-state index in [4.69, 9.17) is 0 Å². The number of fused-ring (bicyclic) bond motifs is 1. The summed E-state index contributed by atoms with van der Waals surface area (Å²) >= 11 is 3.33. The molecule has 1 saturated carbocycles. The van der Waals surface area contributed by atoms with Crippen molar-refractivity contribution in [2.45, 2.75) is 25.3 Å². The number of rotatable bonds is 6. The molecule has 26 heavy (non-hydrogen) atoms. The van der Waals surface area contributed by atoms with Crippen LogP contribution in [0.25, 0.3) is 5.65 Å². The summed E-state index contributed by atoms with van der Waals surface area (Å²) in [7, 11) is 0. The van der Waals surface area contributed by atoms with Gasteiger partial charge in [0.25, 0.3) is 0 Å². The second kappa shape index (κ2) is 6.64. The van der Waals surface area contributed by atoms with Gasteiger partial charge in [0.1, 0.15) is 12.0 Å². The van der Waals surface area contributed by atoms with Crippen molar-refractivity contribution < 1.29 is 9.31 Å². The van der Waals surface area contributed by atoms with E-state index in [2.05, 4.69) is 31.3 Å². The molecule has 1 aliphatic rings. The maximum Gasteiger partial charge on any atom is 0.368 e. The molecule has 1 unspecified atom stereocenters. The van der Waals surface area contributed by atoms with Gasteiger partial charge in [-0.1, -0.05) is 38.4 Å². The molecule has 0 amide bonds. The normalized spacial score (nSPS) is 15.2. The quantitative estimate of drug-likeness (QED) is 0.469. The molecule has 7 nitrogen and oxygen atoms in total. The van der Waals surface area contributed by atoms with Gasteiger partial charge in [-0.15, -0.1) is 0 Å². The largest absolute Gasteiger partial charge is 0.368 e. The SMILES string of the molecule is O=[N+]([O-])c1cnc2ccc(NC(CC3CC3)c3cc(F)cc(Br)c3)nn12. The van der Waals surface area contributed by atoms with E-state index in [1.807, 2.05) is 6.07 Å². The minimum absolute atomic E-state index is 0.137. The number of halogens is 2. The van der Waals surface area contributed by atoms with Gasteiger partial charge in [-0.2, -0.15) is 0 Å². The number of hydrogen-bond donors (Lipinski definition) is 1. The third-order valence-electron chi connectivity index (χ3n) is 4.41. The van der Waals surface area contributed by atoms with Crippen molar-refractivity contribution in [3.05, 3.63) is 62.5 Å². The minimum atomic E-state index is -0.526. The van der Waals surface area contributed by atoms with Gasteiger partial charge in [-0.05, 0) is 47.1 Å². The number of benzene rings is 1. The van der Waals surface area contributed by atoms with Crippen molar-refractivity contribution in [1.29, 1.82) is 0 Å². The van der Waals surface area contributed by atoms with Crippen LogP contribution in [0.1, 0.15) is 30.9 Å². The Balaban J connectivity index is 1.67. The first kappa shape index (κ1) is 16.9. The Morgan fingerprint density at radius 2 is 2.19 bits per heavy atom. The maximum atomic E-state index is 13.8. The van der Waals surface area contributed by atoms with E-state index >= 15 is 0 Å². The van der Waals surface area contributed by atoms with E-state index in [1.165, 1.54) is 22.8 Å². The Hall–Kier alpha value is -2.55. The number of hydrogen-bond acceptors (Lipinski definition) is 5. The summed E-state index contributed by atoms with van der Waals surface area (Å²) in [4.78, 5) is 14.5. The maximum absolute atomic E-state index is 13.8. The molecular weight excluding hydrogens is 405 g/mol. The summed E-state index contributed by atoms with van der Waals surface area (Å²) in [6.45, 7) is 0. The van der Waals surface area contributed by atoms with Gasteiger partial charge in [0.2, 0.25) is 5.65 Å². The highest BCUT2D eigenvalue weighted by Crippen LogP contribution is 2.39. The van der Waals surface area contributed by atoms with Gasteiger partial charge in [0.05, 0.1) is 6.04 Å². The number of nitrogens with one attached hydrogen (secondary N) is 1. The first-order valence-electron chi connectivity index (χ1n) is 8.21. The molecule has 3 aromatic rings. The van der Waals surface area contributed by atoms with Gasteiger partial charge >= 0.3 is 5.82 Å². The summed E-state index contributed by atoms with van der Waals surface area (Å²) in [5.41, 5.74) is 1.21. The molecule has 4 rings (SSSR count). The standard InChI is InChI=1S/C17H15BrFN5O2/c18-12-6-11(7-13(19)8-12)14(5-10-1-2-10)21-15-3-4-16-20-9-17(24(25)26)23(16)22-15/h3-4,6-10,14H,1-2,5H2,(H,21,22). The molecule has 0 aliphatic heterocycles. The summed E-state index contributed by atoms with van der Waals surface area (Å²) in [5.74, 6) is 0.562. The van der Waals surface area contributed by atoms with Crippen molar-refractivity contribution in [2.24, 2.45) is 5.92 Å². The first-order valence-corrected chi connectivity index (χ1v) is 9.00. The Morgan fingerprint density at radius 1 is 1.38 bits per heavy atom. The first-order chi connectivity index (χ1) is 12.5. The lowest BCUT2D eigenvalue weighted by Crippen LogP contribution is -2.14. The smallest absolute Gasteiger partial charge is 0.360 e. The number of nitrogens with zero attached hydrogens (tertiary/aromatic N) is 4. The van der Waals surface area contributed by atoms with Crippen LogP contribution in [-0.4, -0.2) is 19.5 Å². The fourth-order valence-electron chi connectivity index (χ4n) is 2.98. The van der Waals surface area contributed by atoms with Gasteiger partial charge in [-0.3, -0.25) is 0 Å². The lowest BCUT2D eigenvalue weighted by atomic mass is 10.0. The molecule has 1 N–H and O–H groups in total. The zero-order valence-corrected chi connectivity index (χ0v) is 15.2. The molecule has 2 aromatic heterocycles. The molecule has 9 heteroatoms. The van der Waals surface area contributed by atoms with Crippen molar-refractivity contribution in [1.82, 2.24) is 14.6 Å². The molecule has 0 bridgehead atoms. The van der Waals surface area contributed by atoms with Gasteiger partial charge in [-0.25, -0.2) is 9.37 Å². The van der Waals surface area contributed by atoms with Crippen LogP contribution in [0.5, 0.6) is 0 Å². The zero-order chi connectivity index (χ0) is 18.3. The number of nitro groups is 1.